The van der Waals surface area contributed by atoms with Crippen molar-refractivity contribution in [1.29, 1.82) is 0 Å². The number of nitrogens with two attached hydrogens (primary N) is 1. The third kappa shape index (κ3) is 3.00. The van der Waals surface area contributed by atoms with Gasteiger partial charge in [0.05, 0.1) is 22.6 Å². The summed E-state index contributed by atoms with van der Waals surface area (Å²) in [5.74, 6) is 0. The predicted octanol–water partition coefficient (Wildman–Crippen LogP) is 2.51. The highest BCUT2D eigenvalue weighted by Crippen LogP contribution is 2.13. The average Bonchev–Trinajstić information content (AvgIpc) is 2.88. The third-order valence-corrected chi connectivity index (χ3v) is 3.53. The Morgan fingerprint density at radius 3 is 2.86 bits per heavy atom. The van der Waals surface area contributed by atoms with Gasteiger partial charge >= 0.3 is 0 Å². The minimum absolute atomic E-state index is 0.658. The van der Waals surface area contributed by atoms with E-state index in [4.69, 9.17) is 18.0 Å². The van der Waals surface area contributed by atoms with Crippen molar-refractivity contribution < 1.29 is 0 Å². The van der Waals surface area contributed by atoms with Crippen LogP contribution in [-0.2, 0) is 13.5 Å². The second-order valence-electron chi connectivity index (χ2n) is 4.87. The highest BCUT2D eigenvalue weighted by atomic mass is 32.1. The number of benzene rings is 1. The summed E-state index contributed by atoms with van der Waals surface area (Å²) in [6.07, 6.45) is 6.17. The van der Waals surface area contributed by atoms with Crippen LogP contribution >= 0.6 is 12.2 Å². The molecule has 3 rings (SSSR count). The van der Waals surface area contributed by atoms with Crippen molar-refractivity contribution in [3.05, 3.63) is 64.7 Å². The monoisotopic (exact) mass is 297 g/mol. The summed E-state index contributed by atoms with van der Waals surface area (Å²) in [6.45, 7) is 0. The lowest BCUT2D eigenvalue weighted by molar-refractivity contribution is 0.762. The standard InChI is InChI=1S/C15H15N5S/c1-19-10-13(9-17-19)20-6-5-15(21)14(18-20)8-11-3-2-4-12(16)7-11/h2-7,9-10H,8,16H2,1H3. The first-order valence-electron chi connectivity index (χ1n) is 6.54. The summed E-state index contributed by atoms with van der Waals surface area (Å²) >= 11 is 5.37. The van der Waals surface area contributed by atoms with E-state index in [0.717, 1.165) is 27.1 Å². The van der Waals surface area contributed by atoms with Crippen molar-refractivity contribution in [2.75, 3.05) is 5.73 Å². The van der Waals surface area contributed by atoms with Gasteiger partial charge in [0.15, 0.2) is 0 Å². The molecule has 0 aliphatic heterocycles. The fourth-order valence-corrected chi connectivity index (χ4v) is 2.31. The van der Waals surface area contributed by atoms with Gasteiger partial charge in [-0.15, -0.1) is 0 Å². The second kappa shape index (κ2) is 5.49. The highest BCUT2D eigenvalue weighted by molar-refractivity contribution is 7.71. The molecule has 0 aliphatic rings. The van der Waals surface area contributed by atoms with E-state index in [0.29, 0.717) is 6.42 Å². The molecule has 0 amide bonds. The molecule has 1 aromatic carbocycles. The van der Waals surface area contributed by atoms with Crippen molar-refractivity contribution in [1.82, 2.24) is 19.6 Å². The van der Waals surface area contributed by atoms with Gasteiger partial charge in [-0.05, 0) is 23.8 Å². The third-order valence-electron chi connectivity index (χ3n) is 3.16. The molecule has 5 nitrogen and oxygen atoms in total. The van der Waals surface area contributed by atoms with Gasteiger partial charge in [0.2, 0.25) is 0 Å². The summed E-state index contributed by atoms with van der Waals surface area (Å²) in [6, 6.07) is 9.65. The number of nitrogens with zero attached hydrogens (tertiary/aromatic N) is 4. The van der Waals surface area contributed by atoms with Gasteiger partial charge < -0.3 is 5.73 Å². The molecule has 0 atom stereocenters. The molecule has 0 radical (unpaired) electrons. The second-order valence-corrected chi connectivity index (χ2v) is 5.31. The Bertz CT molecular complexity index is 834. The summed E-state index contributed by atoms with van der Waals surface area (Å²) in [4.78, 5) is 0. The van der Waals surface area contributed by atoms with Crippen molar-refractivity contribution in [2.45, 2.75) is 6.42 Å². The maximum atomic E-state index is 5.81. The molecule has 0 fully saturated rings. The van der Waals surface area contributed by atoms with Crippen LogP contribution in [0.25, 0.3) is 5.69 Å². The molecule has 106 valence electrons. The van der Waals surface area contributed by atoms with Crippen LogP contribution in [0.1, 0.15) is 11.3 Å². The Balaban J connectivity index is 1.97. The Morgan fingerprint density at radius 1 is 1.29 bits per heavy atom. The Kier molecular flexibility index (Phi) is 3.53. The van der Waals surface area contributed by atoms with Crippen LogP contribution in [-0.4, -0.2) is 19.6 Å². The zero-order valence-electron chi connectivity index (χ0n) is 11.6. The van der Waals surface area contributed by atoms with Crippen molar-refractivity contribution in [3.63, 3.8) is 0 Å². The molecule has 2 heterocycles. The van der Waals surface area contributed by atoms with Crippen LogP contribution in [0.5, 0.6) is 0 Å². The first-order valence-corrected chi connectivity index (χ1v) is 6.95. The van der Waals surface area contributed by atoms with E-state index in [1.807, 2.05) is 49.8 Å². The Hall–Kier alpha value is -2.47. The predicted molar refractivity (Wildman–Crippen MR) is 84.8 cm³/mol. The van der Waals surface area contributed by atoms with Crippen molar-refractivity contribution >= 4 is 17.9 Å². The molecule has 2 N–H and O–H groups in total. The number of nitrogen functional groups attached to an aromatic ring is 1. The highest BCUT2D eigenvalue weighted by Gasteiger charge is 2.05. The quantitative estimate of drug-likeness (QED) is 0.596. The van der Waals surface area contributed by atoms with Crippen LogP contribution in [0, 0.1) is 4.51 Å². The van der Waals surface area contributed by atoms with Crippen molar-refractivity contribution in [2.24, 2.45) is 7.05 Å². The lowest BCUT2D eigenvalue weighted by atomic mass is 10.1. The van der Waals surface area contributed by atoms with Crippen LogP contribution in [0.2, 0.25) is 0 Å². The van der Waals surface area contributed by atoms with Gasteiger partial charge in [0.1, 0.15) is 5.69 Å². The molecule has 3 aromatic rings. The lowest BCUT2D eigenvalue weighted by Gasteiger charge is -2.07. The number of anilines is 1. The minimum atomic E-state index is 0.658. The SMILES string of the molecule is Cn1cc(-n2ccc(=S)c(Cc3cccc(N)c3)n2)cn1. The summed E-state index contributed by atoms with van der Waals surface area (Å²) in [5.41, 5.74) is 9.40. The number of aryl methyl sites for hydroxylation is 1. The Labute approximate surface area is 127 Å². The Morgan fingerprint density at radius 2 is 2.14 bits per heavy atom. The molecule has 0 saturated carbocycles. The van der Waals surface area contributed by atoms with Crippen LogP contribution in [0.15, 0.2) is 48.9 Å². The van der Waals surface area contributed by atoms with E-state index in [9.17, 15) is 0 Å². The molecular formula is C15H15N5S. The molecule has 0 unspecified atom stereocenters. The van der Waals surface area contributed by atoms with E-state index in [1.165, 1.54) is 0 Å². The molecule has 2 aromatic heterocycles. The summed E-state index contributed by atoms with van der Waals surface area (Å²) < 4.78 is 4.27. The average molecular weight is 297 g/mol. The van der Waals surface area contributed by atoms with E-state index >= 15 is 0 Å². The molecule has 0 bridgehead atoms. The topological polar surface area (TPSA) is 61.7 Å². The number of aromatic nitrogens is 4. The van der Waals surface area contributed by atoms with Crippen molar-refractivity contribution in [3.8, 4) is 5.69 Å². The first kappa shape index (κ1) is 13.5. The van der Waals surface area contributed by atoms with E-state index in [1.54, 1.807) is 15.6 Å². The fourth-order valence-electron chi connectivity index (χ4n) is 2.14. The first-order chi connectivity index (χ1) is 10.1. The maximum Gasteiger partial charge on any atom is 0.102 e. The zero-order valence-corrected chi connectivity index (χ0v) is 12.4. The van der Waals surface area contributed by atoms with Gasteiger partial charge in [-0.2, -0.15) is 10.2 Å². The van der Waals surface area contributed by atoms with E-state index in [-0.39, 0.29) is 0 Å². The van der Waals surface area contributed by atoms with Gasteiger partial charge in [0, 0.05) is 25.4 Å². The minimum Gasteiger partial charge on any atom is -0.399 e. The van der Waals surface area contributed by atoms with Gasteiger partial charge in [-0.1, -0.05) is 24.4 Å². The van der Waals surface area contributed by atoms with E-state index < -0.39 is 0 Å². The van der Waals surface area contributed by atoms with Gasteiger partial charge in [0.25, 0.3) is 0 Å². The fraction of sp³-hybridized carbons (Fsp3) is 0.133. The molecule has 21 heavy (non-hydrogen) atoms. The summed E-state index contributed by atoms with van der Waals surface area (Å²) in [5, 5.41) is 8.75. The van der Waals surface area contributed by atoms with Gasteiger partial charge in [-0.3, -0.25) is 4.68 Å². The smallest absolute Gasteiger partial charge is 0.102 e. The molecule has 0 saturated heterocycles. The molecule has 0 aliphatic carbocycles. The largest absolute Gasteiger partial charge is 0.399 e. The van der Waals surface area contributed by atoms with E-state index in [2.05, 4.69) is 10.2 Å². The number of hydrogen-bond acceptors (Lipinski definition) is 4. The summed E-state index contributed by atoms with van der Waals surface area (Å²) in [7, 11) is 1.87. The normalized spacial score (nSPS) is 10.7. The van der Waals surface area contributed by atoms with Crippen LogP contribution < -0.4 is 5.73 Å². The zero-order chi connectivity index (χ0) is 14.8. The van der Waals surface area contributed by atoms with Gasteiger partial charge in [-0.25, -0.2) is 4.68 Å². The molecule has 0 spiro atoms. The number of hydrogen-bond donors (Lipinski definition) is 1. The lowest BCUT2D eigenvalue weighted by Crippen LogP contribution is -2.04. The van der Waals surface area contributed by atoms with Crippen LogP contribution in [0.3, 0.4) is 0 Å². The van der Waals surface area contributed by atoms with Crippen LogP contribution in [0.4, 0.5) is 5.69 Å². The molecular weight excluding hydrogens is 282 g/mol. The molecule has 6 heteroatoms. The number of rotatable bonds is 3. The maximum absolute atomic E-state index is 5.81.